The van der Waals surface area contributed by atoms with Crippen LogP contribution in [0.3, 0.4) is 0 Å². The van der Waals surface area contributed by atoms with Crippen molar-refractivity contribution in [2.75, 3.05) is 33.9 Å². The maximum atomic E-state index is 12.9. The van der Waals surface area contributed by atoms with Crippen LogP contribution in [0.1, 0.15) is 11.1 Å². The van der Waals surface area contributed by atoms with Crippen LogP contribution in [0.15, 0.2) is 48.5 Å². The van der Waals surface area contributed by atoms with Gasteiger partial charge in [0.05, 0.1) is 13.7 Å². The van der Waals surface area contributed by atoms with E-state index in [1.165, 1.54) is 7.11 Å². The summed E-state index contributed by atoms with van der Waals surface area (Å²) in [5, 5.41) is 0.656. The lowest BCUT2D eigenvalue weighted by atomic mass is 9.94. The molecular weight excluding hydrogens is 392 g/mol. The second-order valence-corrected chi connectivity index (χ2v) is 7.51. The Kier molecular flexibility index (Phi) is 7.12. The highest BCUT2D eigenvalue weighted by Gasteiger charge is 2.35. The van der Waals surface area contributed by atoms with Gasteiger partial charge in [-0.05, 0) is 42.4 Å². The zero-order chi connectivity index (χ0) is 20.8. The molecule has 3 rings (SSSR count). The van der Waals surface area contributed by atoms with E-state index in [2.05, 4.69) is 0 Å². The van der Waals surface area contributed by atoms with Crippen LogP contribution in [-0.4, -0.2) is 61.6 Å². The SMILES string of the molecule is COC(=O)C1Cc2ccccc2CN1C(=O)CN(C)CCOc1ccc(Cl)cc1. The molecule has 154 valence electrons. The number of hydrogen-bond donors (Lipinski definition) is 0. The van der Waals surface area contributed by atoms with Gasteiger partial charge in [-0.25, -0.2) is 4.79 Å². The molecular formula is C22H25ClN2O4. The average molecular weight is 417 g/mol. The molecule has 0 spiro atoms. The Labute approximate surface area is 176 Å². The third-order valence-corrected chi connectivity index (χ3v) is 5.25. The molecule has 0 fully saturated rings. The van der Waals surface area contributed by atoms with Crippen molar-refractivity contribution in [2.24, 2.45) is 0 Å². The number of ether oxygens (including phenoxy) is 2. The van der Waals surface area contributed by atoms with Crippen LogP contribution >= 0.6 is 11.6 Å². The lowest BCUT2D eigenvalue weighted by molar-refractivity contribution is -0.154. The van der Waals surface area contributed by atoms with Gasteiger partial charge in [0.1, 0.15) is 18.4 Å². The summed E-state index contributed by atoms with van der Waals surface area (Å²) < 4.78 is 10.6. The summed E-state index contributed by atoms with van der Waals surface area (Å²) in [5.74, 6) is 0.234. The first kappa shape index (κ1) is 21.1. The molecule has 1 heterocycles. The van der Waals surface area contributed by atoms with Gasteiger partial charge in [-0.1, -0.05) is 35.9 Å². The molecule has 1 unspecified atom stereocenters. The van der Waals surface area contributed by atoms with Crippen LogP contribution < -0.4 is 4.74 Å². The molecule has 2 aromatic carbocycles. The predicted molar refractivity (Wildman–Crippen MR) is 111 cm³/mol. The van der Waals surface area contributed by atoms with E-state index >= 15 is 0 Å². The number of fused-ring (bicyclic) bond motifs is 1. The number of amides is 1. The number of carbonyl (C=O) groups excluding carboxylic acids is 2. The fourth-order valence-corrected chi connectivity index (χ4v) is 3.51. The fraction of sp³-hybridized carbons (Fsp3) is 0.364. The van der Waals surface area contributed by atoms with E-state index in [1.54, 1.807) is 29.2 Å². The van der Waals surface area contributed by atoms with Crippen molar-refractivity contribution in [3.8, 4) is 5.75 Å². The van der Waals surface area contributed by atoms with E-state index in [0.717, 1.165) is 16.9 Å². The molecule has 2 aromatic rings. The van der Waals surface area contributed by atoms with Crippen LogP contribution in [0.4, 0.5) is 0 Å². The van der Waals surface area contributed by atoms with Gasteiger partial charge >= 0.3 is 5.97 Å². The summed E-state index contributed by atoms with van der Waals surface area (Å²) in [6, 6.07) is 14.4. The smallest absolute Gasteiger partial charge is 0.328 e. The van der Waals surface area contributed by atoms with Crippen molar-refractivity contribution in [1.29, 1.82) is 0 Å². The predicted octanol–water partition coefficient (Wildman–Crippen LogP) is 2.78. The molecule has 0 radical (unpaired) electrons. The Morgan fingerprint density at radius 2 is 1.83 bits per heavy atom. The Bertz CT molecular complexity index is 856. The minimum atomic E-state index is -0.596. The second-order valence-electron chi connectivity index (χ2n) is 7.07. The van der Waals surface area contributed by atoms with Crippen LogP contribution in [0.5, 0.6) is 5.75 Å². The van der Waals surface area contributed by atoms with Gasteiger partial charge in [0, 0.05) is 24.5 Å². The number of carbonyl (C=O) groups is 2. The number of hydrogen-bond acceptors (Lipinski definition) is 5. The summed E-state index contributed by atoms with van der Waals surface area (Å²) in [5.41, 5.74) is 2.14. The lowest BCUT2D eigenvalue weighted by Gasteiger charge is -2.36. The molecule has 6 nitrogen and oxygen atoms in total. The molecule has 1 amide bonds. The summed E-state index contributed by atoms with van der Waals surface area (Å²) in [6.07, 6.45) is 0.470. The highest BCUT2D eigenvalue weighted by Crippen LogP contribution is 2.24. The highest BCUT2D eigenvalue weighted by atomic mass is 35.5. The second kappa shape index (κ2) is 9.76. The van der Waals surface area contributed by atoms with Gasteiger partial charge in [-0.2, -0.15) is 0 Å². The Morgan fingerprint density at radius 3 is 2.52 bits per heavy atom. The maximum absolute atomic E-state index is 12.9. The minimum absolute atomic E-state index is 0.108. The average Bonchev–Trinajstić information content (AvgIpc) is 2.73. The quantitative estimate of drug-likeness (QED) is 0.649. The third kappa shape index (κ3) is 5.49. The standard InChI is InChI=1S/C22H25ClN2O4/c1-24(11-12-29-19-9-7-18(23)8-10-19)15-21(26)25-14-17-6-4-3-5-16(17)13-20(25)22(27)28-2/h3-10,20H,11-15H2,1-2H3. The Morgan fingerprint density at radius 1 is 1.14 bits per heavy atom. The highest BCUT2D eigenvalue weighted by molar-refractivity contribution is 6.30. The van der Waals surface area contributed by atoms with Gasteiger partial charge in [-0.3, -0.25) is 9.69 Å². The monoisotopic (exact) mass is 416 g/mol. The summed E-state index contributed by atoms with van der Waals surface area (Å²) in [7, 11) is 3.21. The van der Waals surface area contributed by atoms with Gasteiger partial charge in [-0.15, -0.1) is 0 Å². The summed E-state index contributed by atoms with van der Waals surface area (Å²) in [4.78, 5) is 28.7. The normalized spacial score (nSPS) is 15.7. The van der Waals surface area contributed by atoms with Crippen molar-refractivity contribution < 1.29 is 19.1 Å². The molecule has 0 saturated carbocycles. The molecule has 1 atom stereocenters. The van der Waals surface area contributed by atoms with E-state index in [-0.39, 0.29) is 18.4 Å². The first-order valence-corrected chi connectivity index (χ1v) is 9.86. The number of nitrogens with zero attached hydrogens (tertiary/aromatic N) is 2. The van der Waals surface area contributed by atoms with E-state index in [4.69, 9.17) is 21.1 Å². The number of benzene rings is 2. The molecule has 7 heteroatoms. The molecule has 0 bridgehead atoms. The topological polar surface area (TPSA) is 59.1 Å². The third-order valence-electron chi connectivity index (χ3n) is 5.00. The van der Waals surface area contributed by atoms with E-state index in [0.29, 0.717) is 31.1 Å². The molecule has 0 aromatic heterocycles. The fourth-order valence-electron chi connectivity index (χ4n) is 3.38. The van der Waals surface area contributed by atoms with Gasteiger partial charge in [0.15, 0.2) is 0 Å². The van der Waals surface area contributed by atoms with Crippen molar-refractivity contribution in [1.82, 2.24) is 9.80 Å². The zero-order valence-corrected chi connectivity index (χ0v) is 17.4. The van der Waals surface area contributed by atoms with E-state index < -0.39 is 6.04 Å². The maximum Gasteiger partial charge on any atom is 0.328 e. The number of rotatable bonds is 7. The van der Waals surface area contributed by atoms with E-state index in [9.17, 15) is 9.59 Å². The molecule has 0 N–H and O–H groups in total. The van der Waals surface area contributed by atoms with Gasteiger partial charge < -0.3 is 14.4 Å². The number of halogens is 1. The van der Waals surface area contributed by atoms with Crippen LogP contribution in [-0.2, 0) is 27.3 Å². The van der Waals surface area contributed by atoms with Gasteiger partial charge in [0.2, 0.25) is 5.91 Å². The molecule has 0 aliphatic carbocycles. The number of methoxy groups -OCH3 is 1. The Hall–Kier alpha value is -2.57. The van der Waals surface area contributed by atoms with Crippen molar-refractivity contribution >= 4 is 23.5 Å². The minimum Gasteiger partial charge on any atom is -0.492 e. The molecule has 1 aliphatic heterocycles. The lowest BCUT2D eigenvalue weighted by Crippen LogP contribution is -2.51. The first-order valence-electron chi connectivity index (χ1n) is 9.49. The van der Waals surface area contributed by atoms with Crippen LogP contribution in [0, 0.1) is 0 Å². The Balaban J connectivity index is 1.57. The van der Waals surface area contributed by atoms with Crippen LogP contribution in [0.25, 0.3) is 0 Å². The number of esters is 1. The summed E-state index contributed by atoms with van der Waals surface area (Å²) in [6.45, 7) is 1.61. The molecule has 0 saturated heterocycles. The van der Waals surface area contributed by atoms with Gasteiger partial charge in [0.25, 0.3) is 0 Å². The van der Waals surface area contributed by atoms with Crippen molar-refractivity contribution in [2.45, 2.75) is 19.0 Å². The van der Waals surface area contributed by atoms with E-state index in [1.807, 2.05) is 36.2 Å². The summed E-state index contributed by atoms with van der Waals surface area (Å²) >= 11 is 5.86. The van der Waals surface area contributed by atoms with Crippen molar-refractivity contribution in [3.05, 3.63) is 64.7 Å². The van der Waals surface area contributed by atoms with Crippen LogP contribution in [0.2, 0.25) is 5.02 Å². The largest absolute Gasteiger partial charge is 0.492 e. The zero-order valence-electron chi connectivity index (χ0n) is 16.6. The molecule has 1 aliphatic rings. The van der Waals surface area contributed by atoms with Crippen molar-refractivity contribution in [3.63, 3.8) is 0 Å². The molecule has 29 heavy (non-hydrogen) atoms. The first-order chi connectivity index (χ1) is 14.0. The number of likely N-dealkylation sites (N-methyl/N-ethyl adjacent to an activating group) is 1.